The van der Waals surface area contributed by atoms with Gasteiger partial charge in [0.15, 0.2) is 0 Å². The summed E-state index contributed by atoms with van der Waals surface area (Å²) >= 11 is 7.44. The number of carbonyl (C=O) groups excluding carboxylic acids is 1. The van der Waals surface area contributed by atoms with E-state index >= 15 is 0 Å². The van der Waals surface area contributed by atoms with Gasteiger partial charge in [-0.15, -0.1) is 11.3 Å². The molecule has 0 spiro atoms. The molecule has 0 unspecified atom stereocenters. The third-order valence-electron chi connectivity index (χ3n) is 6.87. The zero-order valence-corrected chi connectivity index (χ0v) is 23.6. The van der Waals surface area contributed by atoms with Gasteiger partial charge in [-0.3, -0.25) is 14.5 Å². The molecule has 1 atom stereocenters. The quantitative estimate of drug-likeness (QED) is 0.275. The molecule has 1 amide bonds. The van der Waals surface area contributed by atoms with Gasteiger partial charge in [-0.05, 0) is 29.3 Å². The lowest BCUT2D eigenvalue weighted by Crippen LogP contribution is -2.38. The van der Waals surface area contributed by atoms with E-state index in [1.807, 2.05) is 47.0 Å². The van der Waals surface area contributed by atoms with Crippen LogP contribution in [0.4, 0.5) is 0 Å². The van der Waals surface area contributed by atoms with Crippen molar-refractivity contribution in [2.24, 2.45) is 0 Å². The Bertz CT molecular complexity index is 1480. The van der Waals surface area contributed by atoms with E-state index < -0.39 is 12.0 Å². The highest BCUT2D eigenvalue weighted by Crippen LogP contribution is 2.26. The van der Waals surface area contributed by atoms with Gasteiger partial charge in [0.1, 0.15) is 16.5 Å². The monoisotopic (exact) mass is 581 g/mol. The number of benzene rings is 2. The van der Waals surface area contributed by atoms with Crippen LogP contribution in [0, 0.1) is 0 Å². The summed E-state index contributed by atoms with van der Waals surface area (Å²) in [5, 5.41) is 14.4. The van der Waals surface area contributed by atoms with Crippen LogP contribution in [0.2, 0.25) is 5.02 Å². The smallest absolute Gasteiger partial charge is 0.257 e. The number of hydrogen-bond donors (Lipinski definition) is 2. The van der Waals surface area contributed by atoms with Crippen molar-refractivity contribution in [2.75, 3.05) is 39.5 Å². The number of carbonyl (C=O) groups is 1. The van der Waals surface area contributed by atoms with Gasteiger partial charge in [0.2, 0.25) is 5.43 Å². The maximum Gasteiger partial charge on any atom is 0.257 e. The van der Waals surface area contributed by atoms with Crippen molar-refractivity contribution in [2.45, 2.75) is 25.8 Å². The maximum atomic E-state index is 13.5. The number of aliphatic hydroxyl groups excluding tert-OH is 1. The number of fused-ring (bicyclic) bond motifs is 1. The molecule has 3 heterocycles. The fourth-order valence-electron chi connectivity index (χ4n) is 4.62. The van der Waals surface area contributed by atoms with Crippen LogP contribution >= 0.6 is 22.9 Å². The van der Waals surface area contributed by atoms with Crippen LogP contribution in [-0.2, 0) is 29.2 Å². The number of aliphatic hydroxyl groups is 1. The fraction of sp³-hybridized carbons (Fsp3) is 0.333. The summed E-state index contributed by atoms with van der Waals surface area (Å²) in [5.74, 6) is -0.419. The molecule has 0 aliphatic carbocycles. The van der Waals surface area contributed by atoms with E-state index in [2.05, 4.69) is 10.2 Å². The van der Waals surface area contributed by atoms with Crippen molar-refractivity contribution in [3.8, 4) is 0 Å². The molecule has 4 aromatic rings. The van der Waals surface area contributed by atoms with E-state index in [9.17, 15) is 14.7 Å². The highest BCUT2D eigenvalue weighted by atomic mass is 35.5. The minimum absolute atomic E-state index is 0.105. The molecule has 210 valence electrons. The predicted octanol–water partition coefficient (Wildman–Crippen LogP) is 4.23. The lowest BCUT2D eigenvalue weighted by atomic mass is 10.1. The molecule has 1 fully saturated rings. The molecule has 8 nitrogen and oxygen atoms in total. The Labute approximate surface area is 241 Å². The molecule has 2 aromatic heterocycles. The van der Waals surface area contributed by atoms with Crippen molar-refractivity contribution in [1.29, 1.82) is 0 Å². The first kappa shape index (κ1) is 28.5. The van der Waals surface area contributed by atoms with Crippen molar-refractivity contribution >= 4 is 39.1 Å². The summed E-state index contributed by atoms with van der Waals surface area (Å²) < 4.78 is 13.3. The SMILES string of the molecule is O=C(NCc1ccc(Cl)cc1)c1cn(CCN2CCOCC2)c2sc(COC[C@@H](O)c3ccccc3)cc2c1=O. The van der Waals surface area contributed by atoms with Crippen molar-refractivity contribution < 1.29 is 19.4 Å². The Morgan fingerprint density at radius 3 is 2.60 bits per heavy atom. The minimum Gasteiger partial charge on any atom is -0.386 e. The van der Waals surface area contributed by atoms with Crippen LogP contribution in [0.3, 0.4) is 0 Å². The zero-order chi connectivity index (χ0) is 27.9. The second-order valence-corrected chi connectivity index (χ2v) is 11.3. The fourth-order valence-corrected chi connectivity index (χ4v) is 5.84. The normalized spacial score (nSPS) is 14.8. The van der Waals surface area contributed by atoms with Crippen LogP contribution in [0.5, 0.6) is 0 Å². The van der Waals surface area contributed by atoms with Gasteiger partial charge in [-0.25, -0.2) is 0 Å². The van der Waals surface area contributed by atoms with Crippen LogP contribution < -0.4 is 10.7 Å². The summed E-state index contributed by atoms with van der Waals surface area (Å²) in [6, 6.07) is 18.4. The Kier molecular flexibility index (Phi) is 9.64. The average molecular weight is 582 g/mol. The summed E-state index contributed by atoms with van der Waals surface area (Å²) in [6.07, 6.45) is 0.933. The summed E-state index contributed by atoms with van der Waals surface area (Å²) in [4.78, 5) is 30.6. The van der Waals surface area contributed by atoms with E-state index in [4.69, 9.17) is 21.1 Å². The molecule has 0 radical (unpaired) electrons. The van der Waals surface area contributed by atoms with E-state index in [0.717, 1.165) is 40.5 Å². The number of thiophene rings is 1. The van der Waals surface area contributed by atoms with E-state index in [0.29, 0.717) is 30.2 Å². The Morgan fingerprint density at radius 2 is 1.85 bits per heavy atom. The van der Waals surface area contributed by atoms with Crippen molar-refractivity contribution in [3.05, 3.63) is 104 Å². The molecular weight excluding hydrogens is 550 g/mol. The third kappa shape index (κ3) is 7.17. The third-order valence-corrected chi connectivity index (χ3v) is 8.27. The number of ether oxygens (including phenoxy) is 2. The molecule has 0 bridgehead atoms. The van der Waals surface area contributed by atoms with Crippen LogP contribution in [0.1, 0.15) is 32.5 Å². The number of aromatic nitrogens is 1. The standard InChI is InChI=1S/C30H32ClN3O5S/c31-23-8-6-21(7-9-23)17-32-29(37)26-18-34(11-10-33-12-14-38-15-13-33)30-25(28(26)36)16-24(40-30)19-39-20-27(35)22-4-2-1-3-5-22/h1-9,16,18,27,35H,10-15,17,19-20H2,(H,32,37)/t27-/m1/s1. The average Bonchev–Trinajstić information content (AvgIpc) is 3.42. The summed E-state index contributed by atoms with van der Waals surface area (Å²) in [6.45, 7) is 5.19. The molecule has 1 aliphatic heterocycles. The molecule has 2 aromatic carbocycles. The highest BCUT2D eigenvalue weighted by molar-refractivity contribution is 7.18. The molecule has 10 heteroatoms. The number of morpholine rings is 1. The lowest BCUT2D eigenvalue weighted by molar-refractivity contribution is 0.0287. The lowest BCUT2D eigenvalue weighted by Gasteiger charge is -2.27. The minimum atomic E-state index is -0.736. The Hall–Kier alpha value is -3.05. The van der Waals surface area contributed by atoms with Crippen LogP contribution in [0.15, 0.2) is 71.7 Å². The van der Waals surface area contributed by atoms with Gasteiger partial charge in [0.05, 0.1) is 31.8 Å². The second kappa shape index (κ2) is 13.5. The van der Waals surface area contributed by atoms with Gasteiger partial charge in [0, 0.05) is 48.8 Å². The number of nitrogens with zero attached hydrogens (tertiary/aromatic N) is 2. The Balaban J connectivity index is 1.34. The van der Waals surface area contributed by atoms with E-state index in [1.165, 1.54) is 11.3 Å². The number of rotatable bonds is 11. The number of hydrogen-bond acceptors (Lipinski definition) is 7. The van der Waals surface area contributed by atoms with Crippen LogP contribution in [0.25, 0.3) is 10.2 Å². The van der Waals surface area contributed by atoms with Crippen LogP contribution in [-0.4, -0.2) is 59.9 Å². The summed E-state index contributed by atoms with van der Waals surface area (Å²) in [5.41, 5.74) is 1.47. The number of nitrogens with one attached hydrogen (secondary N) is 1. The molecular formula is C30H32ClN3O5S. The molecule has 40 heavy (non-hydrogen) atoms. The largest absolute Gasteiger partial charge is 0.386 e. The molecule has 0 saturated carbocycles. The van der Waals surface area contributed by atoms with Gasteiger partial charge in [-0.2, -0.15) is 0 Å². The van der Waals surface area contributed by atoms with E-state index in [-0.39, 0.29) is 30.8 Å². The first-order valence-corrected chi connectivity index (χ1v) is 14.5. The maximum absolute atomic E-state index is 13.5. The Morgan fingerprint density at radius 1 is 1.10 bits per heavy atom. The van der Waals surface area contributed by atoms with Crippen molar-refractivity contribution in [1.82, 2.24) is 14.8 Å². The highest BCUT2D eigenvalue weighted by Gasteiger charge is 2.19. The van der Waals surface area contributed by atoms with Gasteiger partial charge in [-0.1, -0.05) is 54.1 Å². The van der Waals surface area contributed by atoms with Gasteiger partial charge >= 0.3 is 0 Å². The molecule has 5 rings (SSSR count). The molecule has 1 aliphatic rings. The van der Waals surface area contributed by atoms with Gasteiger partial charge in [0.25, 0.3) is 5.91 Å². The molecule has 2 N–H and O–H groups in total. The zero-order valence-electron chi connectivity index (χ0n) is 22.1. The first-order valence-electron chi connectivity index (χ1n) is 13.3. The first-order chi connectivity index (χ1) is 19.5. The number of amides is 1. The molecule has 1 saturated heterocycles. The number of pyridine rings is 1. The van der Waals surface area contributed by atoms with E-state index in [1.54, 1.807) is 24.4 Å². The number of halogens is 1. The predicted molar refractivity (Wildman–Crippen MR) is 157 cm³/mol. The summed E-state index contributed by atoms with van der Waals surface area (Å²) in [7, 11) is 0. The van der Waals surface area contributed by atoms with Crippen molar-refractivity contribution in [3.63, 3.8) is 0 Å². The topological polar surface area (TPSA) is 93.0 Å². The van der Waals surface area contributed by atoms with Gasteiger partial charge < -0.3 is 24.5 Å². The second-order valence-electron chi connectivity index (χ2n) is 9.70.